The summed E-state index contributed by atoms with van der Waals surface area (Å²) in [6, 6.07) is 0. The molecule has 100 valence electrons. The summed E-state index contributed by atoms with van der Waals surface area (Å²) in [6.45, 7) is 9.23. The average Bonchev–Trinajstić information content (AvgIpc) is 2.81. The highest BCUT2D eigenvalue weighted by Crippen LogP contribution is 2.27. The Morgan fingerprint density at radius 2 is 1.94 bits per heavy atom. The van der Waals surface area contributed by atoms with E-state index in [1.165, 1.54) is 44.7 Å². The molecule has 2 aliphatic rings. The summed E-state index contributed by atoms with van der Waals surface area (Å²) in [4.78, 5) is 7.33. The summed E-state index contributed by atoms with van der Waals surface area (Å²) >= 11 is 0. The highest BCUT2D eigenvalue weighted by molar-refractivity contribution is 5.03. The van der Waals surface area contributed by atoms with E-state index in [0.29, 0.717) is 5.92 Å². The van der Waals surface area contributed by atoms with Crippen molar-refractivity contribution >= 4 is 0 Å². The zero-order valence-electron chi connectivity index (χ0n) is 11.6. The molecule has 0 N–H and O–H groups in total. The lowest BCUT2D eigenvalue weighted by atomic mass is 9.96. The number of likely N-dealkylation sites (tertiary alicyclic amines) is 1. The SMILES string of the molecule is CCN1CCC(c2nc3n(n2)CCC(C)C3)CC1. The minimum atomic E-state index is 0.598. The van der Waals surface area contributed by atoms with Gasteiger partial charge in [0.2, 0.25) is 0 Å². The van der Waals surface area contributed by atoms with Crippen molar-refractivity contribution in [2.45, 2.75) is 52.0 Å². The van der Waals surface area contributed by atoms with Gasteiger partial charge in [0.25, 0.3) is 0 Å². The Bertz CT molecular complexity index is 404. The lowest BCUT2D eigenvalue weighted by molar-refractivity contribution is 0.219. The Balaban J connectivity index is 1.70. The molecule has 0 saturated carbocycles. The zero-order chi connectivity index (χ0) is 12.5. The van der Waals surface area contributed by atoms with Crippen molar-refractivity contribution < 1.29 is 0 Å². The van der Waals surface area contributed by atoms with Gasteiger partial charge in [0.15, 0.2) is 5.82 Å². The molecule has 4 heteroatoms. The lowest BCUT2D eigenvalue weighted by Gasteiger charge is -2.29. The van der Waals surface area contributed by atoms with Gasteiger partial charge in [-0.25, -0.2) is 9.67 Å². The molecule has 3 rings (SSSR count). The summed E-state index contributed by atoms with van der Waals surface area (Å²) in [5.74, 6) is 3.72. The van der Waals surface area contributed by atoms with Crippen LogP contribution in [-0.4, -0.2) is 39.3 Å². The molecule has 1 unspecified atom stereocenters. The summed E-state index contributed by atoms with van der Waals surface area (Å²) in [7, 11) is 0. The number of hydrogen-bond acceptors (Lipinski definition) is 3. The van der Waals surface area contributed by atoms with Crippen molar-refractivity contribution in [2.75, 3.05) is 19.6 Å². The van der Waals surface area contributed by atoms with E-state index >= 15 is 0 Å². The van der Waals surface area contributed by atoms with Crippen molar-refractivity contribution in [3.8, 4) is 0 Å². The number of aryl methyl sites for hydroxylation is 1. The van der Waals surface area contributed by atoms with E-state index in [-0.39, 0.29) is 0 Å². The van der Waals surface area contributed by atoms with Crippen LogP contribution in [-0.2, 0) is 13.0 Å². The number of piperidine rings is 1. The van der Waals surface area contributed by atoms with Crippen LogP contribution in [0.5, 0.6) is 0 Å². The van der Waals surface area contributed by atoms with Gasteiger partial charge in [-0.15, -0.1) is 0 Å². The number of rotatable bonds is 2. The van der Waals surface area contributed by atoms with Gasteiger partial charge in [0.05, 0.1) is 0 Å². The van der Waals surface area contributed by atoms with E-state index < -0.39 is 0 Å². The highest BCUT2D eigenvalue weighted by atomic mass is 15.4. The summed E-state index contributed by atoms with van der Waals surface area (Å²) < 4.78 is 2.15. The zero-order valence-corrected chi connectivity index (χ0v) is 11.6. The fraction of sp³-hybridized carbons (Fsp3) is 0.857. The Labute approximate surface area is 109 Å². The second-order valence-electron chi connectivity index (χ2n) is 5.92. The van der Waals surface area contributed by atoms with Gasteiger partial charge in [-0.2, -0.15) is 5.10 Å². The number of aromatic nitrogens is 3. The Morgan fingerprint density at radius 1 is 1.17 bits per heavy atom. The molecule has 0 bridgehead atoms. The van der Waals surface area contributed by atoms with Crippen molar-refractivity contribution in [3.05, 3.63) is 11.6 Å². The molecule has 3 heterocycles. The average molecular weight is 248 g/mol. The molecule has 1 aromatic rings. The molecule has 0 aliphatic carbocycles. The molecule has 4 nitrogen and oxygen atoms in total. The second-order valence-corrected chi connectivity index (χ2v) is 5.92. The fourth-order valence-corrected chi connectivity index (χ4v) is 3.16. The van der Waals surface area contributed by atoms with Gasteiger partial charge in [0, 0.05) is 18.9 Å². The molecule has 1 fully saturated rings. The van der Waals surface area contributed by atoms with Gasteiger partial charge in [0.1, 0.15) is 5.82 Å². The Morgan fingerprint density at radius 3 is 2.67 bits per heavy atom. The highest BCUT2D eigenvalue weighted by Gasteiger charge is 2.26. The first-order valence-corrected chi connectivity index (χ1v) is 7.42. The van der Waals surface area contributed by atoms with Crippen LogP contribution < -0.4 is 0 Å². The first-order chi connectivity index (χ1) is 8.76. The van der Waals surface area contributed by atoms with E-state index in [2.05, 4.69) is 23.4 Å². The van der Waals surface area contributed by atoms with Gasteiger partial charge in [-0.3, -0.25) is 0 Å². The van der Waals surface area contributed by atoms with E-state index in [1.54, 1.807) is 0 Å². The van der Waals surface area contributed by atoms with Crippen LogP contribution in [0.3, 0.4) is 0 Å². The van der Waals surface area contributed by atoms with Gasteiger partial charge in [-0.05, 0) is 44.8 Å². The molecule has 0 radical (unpaired) electrons. The maximum Gasteiger partial charge on any atom is 0.154 e. The number of hydrogen-bond donors (Lipinski definition) is 0. The quantitative estimate of drug-likeness (QED) is 0.803. The van der Waals surface area contributed by atoms with E-state index in [0.717, 1.165) is 24.7 Å². The predicted octanol–water partition coefficient (Wildman–Crippen LogP) is 2.06. The fourth-order valence-electron chi connectivity index (χ4n) is 3.16. The van der Waals surface area contributed by atoms with Crippen LogP contribution in [0.1, 0.15) is 50.7 Å². The third-order valence-electron chi connectivity index (χ3n) is 4.53. The summed E-state index contributed by atoms with van der Waals surface area (Å²) in [5.41, 5.74) is 0. The van der Waals surface area contributed by atoms with Gasteiger partial charge < -0.3 is 4.90 Å². The predicted molar refractivity (Wildman–Crippen MR) is 71.6 cm³/mol. The van der Waals surface area contributed by atoms with Gasteiger partial charge in [-0.1, -0.05) is 13.8 Å². The lowest BCUT2D eigenvalue weighted by Crippen LogP contribution is -2.32. The number of fused-ring (bicyclic) bond motifs is 1. The molecule has 2 aliphatic heterocycles. The van der Waals surface area contributed by atoms with Crippen molar-refractivity contribution in [3.63, 3.8) is 0 Å². The van der Waals surface area contributed by atoms with Gasteiger partial charge >= 0.3 is 0 Å². The van der Waals surface area contributed by atoms with Crippen molar-refractivity contribution in [2.24, 2.45) is 5.92 Å². The maximum absolute atomic E-state index is 4.81. The van der Waals surface area contributed by atoms with Crippen LogP contribution in [0, 0.1) is 5.92 Å². The third kappa shape index (κ3) is 2.30. The third-order valence-corrected chi connectivity index (χ3v) is 4.53. The van der Waals surface area contributed by atoms with Crippen molar-refractivity contribution in [1.29, 1.82) is 0 Å². The van der Waals surface area contributed by atoms with Crippen LogP contribution >= 0.6 is 0 Å². The topological polar surface area (TPSA) is 34.0 Å². The second kappa shape index (κ2) is 5.00. The smallest absolute Gasteiger partial charge is 0.154 e. The molecule has 0 amide bonds. The Hall–Kier alpha value is -0.900. The summed E-state index contributed by atoms with van der Waals surface area (Å²) in [6.07, 6.45) is 4.82. The molecular weight excluding hydrogens is 224 g/mol. The maximum atomic E-state index is 4.81. The van der Waals surface area contributed by atoms with Crippen LogP contribution in [0.25, 0.3) is 0 Å². The van der Waals surface area contributed by atoms with E-state index in [4.69, 9.17) is 10.1 Å². The molecule has 1 saturated heterocycles. The van der Waals surface area contributed by atoms with Crippen molar-refractivity contribution in [1.82, 2.24) is 19.7 Å². The molecule has 18 heavy (non-hydrogen) atoms. The normalized spacial score (nSPS) is 26.2. The van der Waals surface area contributed by atoms with E-state index in [9.17, 15) is 0 Å². The minimum absolute atomic E-state index is 0.598. The van der Waals surface area contributed by atoms with Crippen LogP contribution in [0.4, 0.5) is 0 Å². The van der Waals surface area contributed by atoms with Crippen LogP contribution in [0.15, 0.2) is 0 Å². The molecular formula is C14H24N4. The summed E-state index contributed by atoms with van der Waals surface area (Å²) in [5, 5.41) is 4.75. The largest absolute Gasteiger partial charge is 0.304 e. The molecule has 1 aromatic heterocycles. The molecule has 0 aromatic carbocycles. The monoisotopic (exact) mass is 248 g/mol. The Kier molecular flexibility index (Phi) is 3.37. The molecule has 1 atom stereocenters. The first kappa shape index (κ1) is 12.2. The molecule has 0 spiro atoms. The first-order valence-electron chi connectivity index (χ1n) is 7.42. The standard InChI is InChI=1S/C14H24N4/c1-3-17-7-5-12(6-8-17)14-15-13-10-11(2)4-9-18(13)16-14/h11-12H,3-10H2,1-2H3. The van der Waals surface area contributed by atoms with Crippen LogP contribution in [0.2, 0.25) is 0 Å². The number of nitrogens with zero attached hydrogens (tertiary/aromatic N) is 4. The van der Waals surface area contributed by atoms with E-state index in [1.807, 2.05) is 0 Å². The minimum Gasteiger partial charge on any atom is -0.304 e.